The van der Waals surface area contributed by atoms with Crippen molar-refractivity contribution in [3.8, 4) is 0 Å². The molecular weight excluding hydrogens is 286 g/mol. The number of rotatable bonds is 4. The molecule has 0 spiro atoms. The lowest BCUT2D eigenvalue weighted by Gasteiger charge is -2.28. The molecule has 2 rings (SSSR count). The topological polar surface area (TPSA) is 84.9 Å². The molecule has 2 N–H and O–H groups in total. The molecular formula is C16H19NO5. The normalized spacial score (nSPS) is 23.6. The van der Waals surface area contributed by atoms with Gasteiger partial charge in [-0.25, -0.2) is 4.79 Å². The number of aliphatic hydroxyl groups excluding tert-OH is 1. The summed E-state index contributed by atoms with van der Waals surface area (Å²) in [6.45, 7) is 0.147. The van der Waals surface area contributed by atoms with Crippen LogP contribution < -0.4 is 5.32 Å². The van der Waals surface area contributed by atoms with Gasteiger partial charge in [-0.05, 0) is 12.0 Å². The number of carbonyl (C=O) groups is 2. The Hall–Kier alpha value is -2.34. The summed E-state index contributed by atoms with van der Waals surface area (Å²) in [5.41, 5.74) is 0.872. The summed E-state index contributed by atoms with van der Waals surface area (Å²) in [6.07, 6.45) is 1.99. The van der Waals surface area contributed by atoms with Gasteiger partial charge in [0.1, 0.15) is 6.61 Å². The Morgan fingerprint density at radius 3 is 2.68 bits per heavy atom. The zero-order valence-corrected chi connectivity index (χ0v) is 12.3. The van der Waals surface area contributed by atoms with Crippen LogP contribution >= 0.6 is 0 Å². The molecule has 0 aliphatic heterocycles. The van der Waals surface area contributed by atoms with Crippen molar-refractivity contribution in [1.82, 2.24) is 5.32 Å². The smallest absolute Gasteiger partial charge is 0.407 e. The minimum absolute atomic E-state index is 0.147. The maximum Gasteiger partial charge on any atom is 0.407 e. The Labute approximate surface area is 128 Å². The van der Waals surface area contributed by atoms with Crippen LogP contribution in [0, 0.1) is 5.92 Å². The first-order chi connectivity index (χ1) is 10.6. The third-order valence-corrected chi connectivity index (χ3v) is 3.47. The van der Waals surface area contributed by atoms with Crippen LogP contribution in [0.15, 0.2) is 42.5 Å². The lowest BCUT2D eigenvalue weighted by molar-refractivity contribution is -0.147. The van der Waals surface area contributed by atoms with Crippen molar-refractivity contribution >= 4 is 12.1 Å². The van der Waals surface area contributed by atoms with Gasteiger partial charge < -0.3 is 19.9 Å². The summed E-state index contributed by atoms with van der Waals surface area (Å²) in [5, 5.41) is 12.2. The van der Waals surface area contributed by atoms with E-state index < -0.39 is 30.1 Å². The second-order valence-corrected chi connectivity index (χ2v) is 5.05. The molecule has 6 heteroatoms. The zero-order chi connectivity index (χ0) is 15.9. The SMILES string of the molecule is COC(=O)[C@H]1C[C@@H](O)C=CC1NC(=O)OCc1ccccc1. The number of benzene rings is 1. The summed E-state index contributed by atoms with van der Waals surface area (Å²) >= 11 is 0. The van der Waals surface area contributed by atoms with Gasteiger partial charge in [-0.1, -0.05) is 42.5 Å². The van der Waals surface area contributed by atoms with Crippen LogP contribution in [0.5, 0.6) is 0 Å². The molecule has 1 aromatic carbocycles. The number of alkyl carbamates (subject to hydrolysis) is 1. The van der Waals surface area contributed by atoms with Crippen LogP contribution in [-0.4, -0.2) is 36.4 Å². The van der Waals surface area contributed by atoms with E-state index in [0.29, 0.717) is 0 Å². The quantitative estimate of drug-likeness (QED) is 0.648. The molecule has 0 fully saturated rings. The van der Waals surface area contributed by atoms with Gasteiger partial charge in [-0.15, -0.1) is 0 Å². The number of esters is 1. The molecule has 22 heavy (non-hydrogen) atoms. The number of carbonyl (C=O) groups excluding carboxylic acids is 2. The monoisotopic (exact) mass is 305 g/mol. The summed E-state index contributed by atoms with van der Waals surface area (Å²) in [6, 6.07) is 8.73. The average Bonchev–Trinajstić information content (AvgIpc) is 2.55. The van der Waals surface area contributed by atoms with E-state index in [1.807, 2.05) is 30.3 Å². The first-order valence-corrected chi connectivity index (χ1v) is 7.01. The van der Waals surface area contributed by atoms with Crippen LogP contribution in [0.3, 0.4) is 0 Å². The second kappa shape index (κ2) is 7.61. The van der Waals surface area contributed by atoms with E-state index in [0.717, 1.165) is 5.56 Å². The van der Waals surface area contributed by atoms with Gasteiger partial charge in [-0.2, -0.15) is 0 Å². The van der Waals surface area contributed by atoms with Gasteiger partial charge in [0.15, 0.2) is 0 Å². The number of ether oxygens (including phenoxy) is 2. The first kappa shape index (κ1) is 16.0. The molecule has 0 heterocycles. The molecule has 3 atom stereocenters. The lowest BCUT2D eigenvalue weighted by Crippen LogP contribution is -2.45. The number of hydrogen-bond donors (Lipinski definition) is 2. The fraction of sp³-hybridized carbons (Fsp3) is 0.375. The predicted molar refractivity (Wildman–Crippen MR) is 78.8 cm³/mol. The van der Waals surface area contributed by atoms with Crippen molar-refractivity contribution in [3.63, 3.8) is 0 Å². The molecule has 6 nitrogen and oxygen atoms in total. The van der Waals surface area contributed by atoms with E-state index in [4.69, 9.17) is 9.47 Å². The maximum absolute atomic E-state index is 11.8. The molecule has 1 amide bonds. The fourth-order valence-corrected chi connectivity index (χ4v) is 2.31. The minimum Gasteiger partial charge on any atom is -0.469 e. The molecule has 0 aromatic heterocycles. The fourth-order valence-electron chi connectivity index (χ4n) is 2.31. The molecule has 0 radical (unpaired) electrons. The lowest BCUT2D eigenvalue weighted by atomic mass is 9.88. The summed E-state index contributed by atoms with van der Waals surface area (Å²) < 4.78 is 9.82. The molecule has 1 aromatic rings. The molecule has 0 saturated heterocycles. The third-order valence-electron chi connectivity index (χ3n) is 3.47. The molecule has 1 unspecified atom stereocenters. The van der Waals surface area contributed by atoms with E-state index in [-0.39, 0.29) is 13.0 Å². The van der Waals surface area contributed by atoms with Gasteiger partial charge in [0.2, 0.25) is 0 Å². The van der Waals surface area contributed by atoms with Crippen molar-refractivity contribution in [2.75, 3.05) is 7.11 Å². The summed E-state index contributed by atoms with van der Waals surface area (Å²) in [5.74, 6) is -1.11. The second-order valence-electron chi connectivity index (χ2n) is 5.05. The highest BCUT2D eigenvalue weighted by Crippen LogP contribution is 2.21. The average molecular weight is 305 g/mol. The third kappa shape index (κ3) is 4.33. The van der Waals surface area contributed by atoms with Gasteiger partial charge in [0.25, 0.3) is 0 Å². The molecule has 1 aliphatic carbocycles. The van der Waals surface area contributed by atoms with E-state index in [1.54, 1.807) is 12.2 Å². The molecule has 118 valence electrons. The van der Waals surface area contributed by atoms with Gasteiger partial charge >= 0.3 is 12.1 Å². The van der Waals surface area contributed by atoms with E-state index >= 15 is 0 Å². The Morgan fingerprint density at radius 2 is 2.00 bits per heavy atom. The Balaban J connectivity index is 1.91. The molecule has 0 bridgehead atoms. The summed E-state index contributed by atoms with van der Waals surface area (Å²) in [4.78, 5) is 23.6. The van der Waals surface area contributed by atoms with Crippen LogP contribution in [-0.2, 0) is 20.9 Å². The van der Waals surface area contributed by atoms with Crippen LogP contribution in [0.4, 0.5) is 4.79 Å². The molecule has 0 saturated carbocycles. The van der Waals surface area contributed by atoms with E-state index in [1.165, 1.54) is 7.11 Å². The highest BCUT2D eigenvalue weighted by atomic mass is 16.5. The minimum atomic E-state index is -0.720. The number of hydrogen-bond acceptors (Lipinski definition) is 5. The van der Waals surface area contributed by atoms with E-state index in [2.05, 4.69) is 5.32 Å². The van der Waals surface area contributed by atoms with Crippen molar-refractivity contribution in [2.45, 2.75) is 25.2 Å². The van der Waals surface area contributed by atoms with Crippen LogP contribution in [0.2, 0.25) is 0 Å². The first-order valence-electron chi connectivity index (χ1n) is 7.01. The predicted octanol–water partition coefficient (Wildman–Crippen LogP) is 1.39. The van der Waals surface area contributed by atoms with E-state index in [9.17, 15) is 14.7 Å². The number of aliphatic hydroxyl groups is 1. The highest BCUT2D eigenvalue weighted by Gasteiger charge is 2.33. The van der Waals surface area contributed by atoms with Gasteiger partial charge in [-0.3, -0.25) is 4.79 Å². The van der Waals surface area contributed by atoms with Crippen LogP contribution in [0.1, 0.15) is 12.0 Å². The number of methoxy groups -OCH3 is 1. The zero-order valence-electron chi connectivity index (χ0n) is 12.3. The largest absolute Gasteiger partial charge is 0.469 e. The highest BCUT2D eigenvalue weighted by molar-refractivity contribution is 5.76. The Morgan fingerprint density at radius 1 is 1.27 bits per heavy atom. The number of amides is 1. The Bertz CT molecular complexity index is 543. The van der Waals surface area contributed by atoms with Crippen molar-refractivity contribution < 1.29 is 24.2 Å². The maximum atomic E-state index is 11.8. The van der Waals surface area contributed by atoms with Crippen molar-refractivity contribution in [1.29, 1.82) is 0 Å². The standard InChI is InChI=1S/C16H19NO5/c1-21-15(19)13-9-12(18)7-8-14(13)17-16(20)22-10-11-5-3-2-4-6-11/h2-8,12-14,18H,9-10H2,1H3,(H,17,20)/t12-,13-,14?/m0/s1. The number of nitrogens with one attached hydrogen (secondary N) is 1. The molecule has 1 aliphatic rings. The van der Waals surface area contributed by atoms with Gasteiger partial charge in [0, 0.05) is 0 Å². The summed E-state index contributed by atoms with van der Waals surface area (Å²) in [7, 11) is 1.28. The van der Waals surface area contributed by atoms with Crippen LogP contribution in [0.25, 0.3) is 0 Å². The van der Waals surface area contributed by atoms with Crippen molar-refractivity contribution in [2.24, 2.45) is 5.92 Å². The van der Waals surface area contributed by atoms with Gasteiger partial charge in [0.05, 0.1) is 25.2 Å². The van der Waals surface area contributed by atoms with Crippen molar-refractivity contribution in [3.05, 3.63) is 48.0 Å². The Kier molecular flexibility index (Phi) is 5.55.